The minimum absolute atomic E-state index is 0.0515. The number of hydrogen-bond acceptors (Lipinski definition) is 2. The molecule has 3 aliphatic rings. The molecule has 0 bridgehead atoms. The molecule has 0 unspecified atom stereocenters. The average Bonchev–Trinajstić information content (AvgIpc) is 2.51. The van der Waals surface area contributed by atoms with Gasteiger partial charge in [-0.3, -0.25) is 9.34 Å². The van der Waals surface area contributed by atoms with E-state index in [4.69, 9.17) is 0 Å². The molecule has 0 aromatic heterocycles. The lowest BCUT2D eigenvalue weighted by Crippen LogP contribution is -2.39. The summed E-state index contributed by atoms with van der Waals surface area (Å²) in [5, 5.41) is 0. The fraction of sp³-hybridized carbons (Fsp3) is 1.00. The molecule has 2 aliphatic heterocycles. The summed E-state index contributed by atoms with van der Waals surface area (Å²) in [6, 6.07) is 0. The van der Waals surface area contributed by atoms with Gasteiger partial charge in [0.1, 0.15) is 0 Å². The van der Waals surface area contributed by atoms with E-state index < -0.39 is 0 Å². The maximum atomic E-state index is 2.93. The summed E-state index contributed by atoms with van der Waals surface area (Å²) in [6.45, 7) is 5.61. The van der Waals surface area contributed by atoms with Crippen LogP contribution in [0.25, 0.3) is 0 Å². The lowest BCUT2D eigenvalue weighted by atomic mass is 10.0. The Hall–Kier alpha value is 0.350. The van der Waals surface area contributed by atoms with Gasteiger partial charge in [0.05, 0.1) is 0 Å². The molecule has 1 aliphatic carbocycles. The zero-order valence-corrected chi connectivity index (χ0v) is 13.4. The Morgan fingerprint density at radius 3 is 1.42 bits per heavy atom. The maximum Gasteiger partial charge on any atom is 0.0427 e. The number of hydrogen-bond donors (Lipinski definition) is 0. The van der Waals surface area contributed by atoms with Crippen LogP contribution in [-0.4, -0.2) is 41.2 Å². The second kappa shape index (κ2) is 7.38. The molecule has 0 spiro atoms. The third-order valence-corrected chi connectivity index (χ3v) is 8.27. The van der Waals surface area contributed by atoms with E-state index in [0.717, 1.165) is 5.66 Å². The summed E-state index contributed by atoms with van der Waals surface area (Å²) in [7, 11) is 0.0515. The van der Waals surface area contributed by atoms with Crippen LogP contribution in [0, 0.1) is 0 Å². The minimum atomic E-state index is 0.0515. The van der Waals surface area contributed by atoms with Crippen molar-refractivity contribution < 1.29 is 0 Å². The van der Waals surface area contributed by atoms with Gasteiger partial charge in [-0.05, 0) is 38.5 Å². The molecule has 3 fully saturated rings. The number of piperidine rings is 2. The lowest BCUT2D eigenvalue weighted by Gasteiger charge is -2.47. The first-order valence-electron chi connectivity index (χ1n) is 8.74. The molecular formula is C16H31N2P. The average molecular weight is 282 g/mol. The van der Waals surface area contributed by atoms with Crippen LogP contribution in [0.4, 0.5) is 0 Å². The summed E-state index contributed by atoms with van der Waals surface area (Å²) in [5.74, 6) is 0. The third kappa shape index (κ3) is 3.71. The molecule has 1 saturated carbocycles. The van der Waals surface area contributed by atoms with Crippen molar-refractivity contribution in [2.24, 2.45) is 0 Å². The Bertz CT molecular complexity index is 211. The van der Waals surface area contributed by atoms with Crippen molar-refractivity contribution in [2.45, 2.75) is 76.3 Å². The van der Waals surface area contributed by atoms with E-state index in [9.17, 15) is 0 Å². The highest BCUT2D eigenvalue weighted by Crippen LogP contribution is 2.55. The van der Waals surface area contributed by atoms with E-state index in [0.29, 0.717) is 0 Å². The second-order valence-electron chi connectivity index (χ2n) is 6.64. The Labute approximate surface area is 120 Å². The molecule has 0 aromatic carbocycles. The summed E-state index contributed by atoms with van der Waals surface area (Å²) < 4.78 is 5.86. The standard InChI is InChI=1S/C16H31N2P/c1-4-10-16(11-5-1)19(17-12-6-2-7-13-17)18-14-8-3-9-15-18/h16H,1-15H2. The van der Waals surface area contributed by atoms with E-state index in [-0.39, 0.29) is 8.22 Å². The fourth-order valence-corrected chi connectivity index (χ4v) is 7.61. The molecule has 110 valence electrons. The van der Waals surface area contributed by atoms with Gasteiger partial charge < -0.3 is 0 Å². The predicted octanol–water partition coefficient (Wildman–Crippen LogP) is 4.60. The zero-order valence-electron chi connectivity index (χ0n) is 12.5. The minimum Gasteiger partial charge on any atom is -0.270 e. The maximum absolute atomic E-state index is 2.93. The van der Waals surface area contributed by atoms with Gasteiger partial charge in [-0.15, -0.1) is 0 Å². The van der Waals surface area contributed by atoms with Crippen LogP contribution in [0.2, 0.25) is 0 Å². The number of rotatable bonds is 3. The van der Waals surface area contributed by atoms with Gasteiger partial charge >= 0.3 is 0 Å². The van der Waals surface area contributed by atoms with Gasteiger partial charge in [0.15, 0.2) is 0 Å². The van der Waals surface area contributed by atoms with Crippen LogP contribution >= 0.6 is 8.22 Å². The first kappa shape index (κ1) is 14.3. The normalized spacial score (nSPS) is 28.9. The first-order chi connectivity index (χ1) is 9.45. The van der Waals surface area contributed by atoms with Crippen molar-refractivity contribution in [1.82, 2.24) is 9.34 Å². The molecule has 2 saturated heterocycles. The van der Waals surface area contributed by atoms with Gasteiger partial charge in [0, 0.05) is 40.1 Å². The Morgan fingerprint density at radius 2 is 0.947 bits per heavy atom. The predicted molar refractivity (Wildman–Crippen MR) is 84.6 cm³/mol. The Kier molecular flexibility index (Phi) is 5.56. The summed E-state index contributed by atoms with van der Waals surface area (Å²) in [4.78, 5) is 0. The molecule has 3 rings (SSSR count). The molecule has 0 atom stereocenters. The topological polar surface area (TPSA) is 6.48 Å². The third-order valence-electron chi connectivity index (χ3n) is 5.15. The van der Waals surface area contributed by atoms with E-state index in [1.54, 1.807) is 0 Å². The van der Waals surface area contributed by atoms with Crippen LogP contribution in [0.1, 0.15) is 70.6 Å². The largest absolute Gasteiger partial charge is 0.270 e. The van der Waals surface area contributed by atoms with Gasteiger partial charge in [0.25, 0.3) is 0 Å². The fourth-order valence-electron chi connectivity index (χ4n) is 4.12. The highest BCUT2D eigenvalue weighted by molar-refractivity contribution is 7.53. The van der Waals surface area contributed by atoms with Crippen molar-refractivity contribution in [3.8, 4) is 0 Å². The van der Waals surface area contributed by atoms with Gasteiger partial charge in [0.2, 0.25) is 0 Å². The first-order valence-corrected chi connectivity index (χ1v) is 10.1. The highest BCUT2D eigenvalue weighted by atomic mass is 31.1. The van der Waals surface area contributed by atoms with Crippen LogP contribution in [0.3, 0.4) is 0 Å². The van der Waals surface area contributed by atoms with Gasteiger partial charge in [-0.2, -0.15) is 0 Å². The molecule has 0 aromatic rings. The van der Waals surface area contributed by atoms with Gasteiger partial charge in [-0.1, -0.05) is 32.1 Å². The van der Waals surface area contributed by atoms with Crippen molar-refractivity contribution in [2.75, 3.05) is 26.2 Å². The van der Waals surface area contributed by atoms with Crippen molar-refractivity contribution in [3.63, 3.8) is 0 Å². The smallest absolute Gasteiger partial charge is 0.0427 e. The van der Waals surface area contributed by atoms with E-state index in [2.05, 4.69) is 9.34 Å². The van der Waals surface area contributed by atoms with E-state index in [1.165, 1.54) is 96.8 Å². The lowest BCUT2D eigenvalue weighted by molar-refractivity contribution is 0.299. The molecule has 0 N–H and O–H groups in total. The monoisotopic (exact) mass is 282 g/mol. The molecule has 0 radical (unpaired) electrons. The summed E-state index contributed by atoms with van der Waals surface area (Å²) in [5.41, 5.74) is 1.04. The number of nitrogens with zero attached hydrogens (tertiary/aromatic N) is 2. The van der Waals surface area contributed by atoms with Crippen molar-refractivity contribution in [3.05, 3.63) is 0 Å². The molecule has 19 heavy (non-hydrogen) atoms. The molecular weight excluding hydrogens is 251 g/mol. The Morgan fingerprint density at radius 1 is 0.526 bits per heavy atom. The summed E-state index contributed by atoms with van der Waals surface area (Å²) in [6.07, 6.45) is 16.3. The second-order valence-corrected chi connectivity index (χ2v) is 9.14. The van der Waals surface area contributed by atoms with Crippen LogP contribution in [0.5, 0.6) is 0 Å². The quantitative estimate of drug-likeness (QED) is 0.698. The van der Waals surface area contributed by atoms with Crippen LogP contribution < -0.4 is 0 Å². The zero-order chi connectivity index (χ0) is 12.9. The van der Waals surface area contributed by atoms with Crippen LogP contribution in [-0.2, 0) is 0 Å². The molecule has 3 heteroatoms. The van der Waals surface area contributed by atoms with E-state index in [1.807, 2.05) is 0 Å². The Balaban J connectivity index is 1.68. The van der Waals surface area contributed by atoms with Crippen molar-refractivity contribution >= 4 is 8.22 Å². The molecule has 2 heterocycles. The summed E-state index contributed by atoms with van der Waals surface area (Å²) >= 11 is 0. The highest BCUT2D eigenvalue weighted by Gasteiger charge is 2.34. The van der Waals surface area contributed by atoms with Crippen molar-refractivity contribution in [1.29, 1.82) is 0 Å². The SMILES string of the molecule is C1CCC(P(N2CCCCC2)N2CCCCC2)CC1. The van der Waals surface area contributed by atoms with Crippen LogP contribution in [0.15, 0.2) is 0 Å². The van der Waals surface area contributed by atoms with E-state index >= 15 is 0 Å². The molecule has 0 amide bonds. The molecule has 2 nitrogen and oxygen atoms in total. The van der Waals surface area contributed by atoms with Gasteiger partial charge in [-0.25, -0.2) is 0 Å².